The Balaban J connectivity index is 1.56. The summed E-state index contributed by atoms with van der Waals surface area (Å²) in [4.78, 5) is 16.0. The predicted molar refractivity (Wildman–Crippen MR) is 156 cm³/mol. The molecule has 2 fully saturated rings. The van der Waals surface area contributed by atoms with E-state index in [0.717, 1.165) is 18.4 Å². The van der Waals surface area contributed by atoms with Crippen LogP contribution in [0, 0.1) is 24.1 Å². The number of benzene rings is 2. The van der Waals surface area contributed by atoms with E-state index < -0.39 is 60.9 Å². The van der Waals surface area contributed by atoms with Crippen molar-refractivity contribution in [3.8, 4) is 17.3 Å². The molecule has 228 valence electrons. The number of amides is 1. The van der Waals surface area contributed by atoms with Gasteiger partial charge in [-0.1, -0.05) is 34.0 Å². The maximum Gasteiger partial charge on any atom is 0.259 e. The monoisotopic (exact) mass is 657 g/mol. The first-order valence-electron chi connectivity index (χ1n) is 14.0. The lowest BCUT2D eigenvalue weighted by atomic mass is 9.88. The van der Waals surface area contributed by atoms with Crippen LogP contribution < -0.4 is 4.90 Å². The number of halogens is 2. The van der Waals surface area contributed by atoms with Crippen molar-refractivity contribution in [1.82, 2.24) is 15.0 Å². The quantitative estimate of drug-likeness (QED) is 0.348. The number of anilines is 1. The van der Waals surface area contributed by atoms with Gasteiger partial charge in [0.15, 0.2) is 6.10 Å². The molecule has 0 bridgehead atoms. The van der Waals surface area contributed by atoms with Gasteiger partial charge in [0, 0.05) is 22.8 Å². The molecular weight excluding hydrogens is 625 g/mol. The number of hydrogen-bond acceptors (Lipinski definition) is 9. The highest BCUT2D eigenvalue weighted by Gasteiger charge is 2.52. The van der Waals surface area contributed by atoms with Crippen LogP contribution >= 0.6 is 15.9 Å². The summed E-state index contributed by atoms with van der Waals surface area (Å²) in [6.45, 7) is 1.21. The number of rotatable bonds is 7. The van der Waals surface area contributed by atoms with Crippen LogP contribution in [0.3, 0.4) is 0 Å². The van der Waals surface area contributed by atoms with Crippen molar-refractivity contribution in [3.05, 3.63) is 64.0 Å². The minimum atomic E-state index is -1.36. The van der Waals surface area contributed by atoms with Gasteiger partial charge in [-0.25, -0.2) is 9.07 Å². The second kappa shape index (κ2) is 13.2. The van der Waals surface area contributed by atoms with Crippen LogP contribution in [0.25, 0.3) is 11.3 Å². The van der Waals surface area contributed by atoms with E-state index in [1.807, 2.05) is 6.92 Å². The second-order valence-corrected chi connectivity index (χ2v) is 11.9. The molecule has 1 aromatic heterocycles. The standard InChI is InChI=1S/C30H33BrFN5O6/c1-16-7-17(13-33)9-21(8-16)37(23-5-3-4-6-24(23)39)30(41)29-28(42-2)26(27(40)25(15-38)43-29)36-14-22(34-35-36)18-10-19(31)12-20(32)11-18/h7-12,14,23-29,38-40H,3-6,15H2,1-2H3/t23-,24-,25+,26-,27-,28+,29+/m0/s1. The smallest absolute Gasteiger partial charge is 0.259 e. The maximum absolute atomic E-state index is 14.5. The van der Waals surface area contributed by atoms with E-state index >= 15 is 0 Å². The third-order valence-corrected chi connectivity index (χ3v) is 8.55. The van der Waals surface area contributed by atoms with Gasteiger partial charge in [-0.05, 0) is 61.7 Å². The van der Waals surface area contributed by atoms with Gasteiger partial charge in [-0.3, -0.25) is 4.79 Å². The van der Waals surface area contributed by atoms with Crippen LogP contribution in [0.4, 0.5) is 10.1 Å². The zero-order valence-corrected chi connectivity index (χ0v) is 25.3. The SMILES string of the molecule is CO[C@@H]1[C@@H](n2cc(-c3cc(F)cc(Br)c3)nn2)[C@@H](O)[C@@H](CO)O[C@H]1C(=O)N(c1cc(C)cc(C#N)c1)[C@H]1CCCC[C@@H]1O. The van der Waals surface area contributed by atoms with Crippen molar-refractivity contribution in [1.29, 1.82) is 5.26 Å². The van der Waals surface area contributed by atoms with Crippen molar-refractivity contribution in [2.75, 3.05) is 18.6 Å². The Hall–Kier alpha value is -3.25. The number of methoxy groups -OCH3 is 1. The lowest BCUT2D eigenvalue weighted by molar-refractivity contribution is -0.211. The maximum atomic E-state index is 14.5. The van der Waals surface area contributed by atoms with Crippen LogP contribution in [0.2, 0.25) is 0 Å². The zero-order chi connectivity index (χ0) is 30.8. The molecule has 1 saturated heterocycles. The molecule has 1 aliphatic heterocycles. The van der Waals surface area contributed by atoms with Crippen LogP contribution in [0.15, 0.2) is 47.1 Å². The van der Waals surface area contributed by atoms with E-state index in [9.17, 15) is 29.8 Å². The third kappa shape index (κ3) is 6.35. The molecule has 0 unspecified atom stereocenters. The van der Waals surface area contributed by atoms with Gasteiger partial charge in [0.2, 0.25) is 0 Å². The predicted octanol–water partition coefficient (Wildman–Crippen LogP) is 3.04. The highest BCUT2D eigenvalue weighted by Crippen LogP contribution is 2.37. The van der Waals surface area contributed by atoms with Crippen LogP contribution in [0.5, 0.6) is 0 Å². The molecule has 43 heavy (non-hydrogen) atoms. The number of aromatic nitrogens is 3. The van der Waals surface area contributed by atoms with Gasteiger partial charge in [0.05, 0.1) is 36.6 Å². The largest absolute Gasteiger partial charge is 0.394 e. The fraction of sp³-hybridized carbons (Fsp3) is 0.467. The number of aliphatic hydroxyl groups is 3. The summed E-state index contributed by atoms with van der Waals surface area (Å²) in [5.74, 6) is -1.04. The van der Waals surface area contributed by atoms with E-state index in [2.05, 4.69) is 32.3 Å². The first kappa shape index (κ1) is 31.2. The fourth-order valence-corrected chi connectivity index (χ4v) is 6.56. The summed E-state index contributed by atoms with van der Waals surface area (Å²) in [6.07, 6.45) is -1.67. The first-order chi connectivity index (χ1) is 20.6. The molecule has 1 amide bonds. The van der Waals surface area contributed by atoms with E-state index in [-0.39, 0.29) is 0 Å². The highest BCUT2D eigenvalue weighted by atomic mass is 79.9. The summed E-state index contributed by atoms with van der Waals surface area (Å²) in [5, 5.41) is 50.4. The number of carbonyl (C=O) groups is 1. The van der Waals surface area contributed by atoms with Crippen LogP contribution in [-0.2, 0) is 14.3 Å². The highest BCUT2D eigenvalue weighted by molar-refractivity contribution is 9.10. The Labute approximate surface area is 256 Å². The summed E-state index contributed by atoms with van der Waals surface area (Å²) < 4.78 is 27.7. The van der Waals surface area contributed by atoms with E-state index in [4.69, 9.17) is 9.47 Å². The third-order valence-electron chi connectivity index (χ3n) is 8.09. The van der Waals surface area contributed by atoms with Crippen molar-refractivity contribution < 1.29 is 34.0 Å². The summed E-state index contributed by atoms with van der Waals surface area (Å²) in [6, 6.07) is 9.81. The van der Waals surface area contributed by atoms with Crippen LogP contribution in [0.1, 0.15) is 42.9 Å². The summed E-state index contributed by atoms with van der Waals surface area (Å²) in [7, 11) is 1.37. The summed E-state index contributed by atoms with van der Waals surface area (Å²) in [5.41, 5.74) is 2.28. The minimum absolute atomic E-state index is 0.313. The number of aryl methyl sites for hydroxylation is 1. The number of nitrogens with zero attached hydrogens (tertiary/aromatic N) is 5. The summed E-state index contributed by atoms with van der Waals surface area (Å²) >= 11 is 3.27. The molecule has 2 aromatic carbocycles. The Morgan fingerprint density at radius 2 is 2.00 bits per heavy atom. The van der Waals surface area contributed by atoms with Gasteiger partial charge < -0.3 is 29.7 Å². The molecule has 0 radical (unpaired) electrons. The molecule has 1 aliphatic carbocycles. The van der Waals surface area contributed by atoms with E-state index in [1.165, 1.54) is 35.0 Å². The molecule has 2 heterocycles. The average molecular weight is 659 g/mol. The number of aliphatic hydroxyl groups excluding tert-OH is 3. The Morgan fingerprint density at radius 1 is 1.23 bits per heavy atom. The Kier molecular flexibility index (Phi) is 9.55. The molecule has 3 N–H and O–H groups in total. The Morgan fingerprint density at radius 3 is 2.67 bits per heavy atom. The van der Waals surface area contributed by atoms with Crippen molar-refractivity contribution in [2.45, 2.75) is 75.2 Å². The van der Waals surface area contributed by atoms with Gasteiger partial charge in [-0.15, -0.1) is 5.10 Å². The molecule has 5 rings (SSSR count). The molecule has 11 nitrogen and oxygen atoms in total. The average Bonchev–Trinajstić information content (AvgIpc) is 3.47. The molecule has 3 aromatic rings. The van der Waals surface area contributed by atoms with Crippen LogP contribution in [-0.4, -0.2) is 86.5 Å². The Bertz CT molecular complexity index is 1490. The molecular formula is C30H33BrFN5O6. The van der Waals surface area contributed by atoms with Gasteiger partial charge in [-0.2, -0.15) is 5.26 Å². The molecule has 13 heteroatoms. The molecule has 7 atom stereocenters. The number of nitriles is 1. The van der Waals surface area contributed by atoms with Gasteiger partial charge in [0.25, 0.3) is 5.91 Å². The van der Waals surface area contributed by atoms with Gasteiger partial charge >= 0.3 is 0 Å². The lowest BCUT2D eigenvalue weighted by Crippen LogP contribution is -2.63. The van der Waals surface area contributed by atoms with E-state index in [1.54, 1.807) is 24.3 Å². The topological polar surface area (TPSA) is 154 Å². The van der Waals surface area contributed by atoms with Crippen molar-refractivity contribution in [3.63, 3.8) is 0 Å². The minimum Gasteiger partial charge on any atom is -0.394 e. The first-order valence-corrected chi connectivity index (χ1v) is 14.8. The zero-order valence-electron chi connectivity index (χ0n) is 23.7. The molecule has 2 aliphatic rings. The van der Waals surface area contributed by atoms with E-state index in [0.29, 0.717) is 39.8 Å². The van der Waals surface area contributed by atoms with Crippen molar-refractivity contribution >= 4 is 27.5 Å². The van der Waals surface area contributed by atoms with Crippen molar-refractivity contribution in [2.24, 2.45) is 0 Å². The second-order valence-electron chi connectivity index (χ2n) is 11.0. The molecule has 0 spiro atoms. The number of carbonyl (C=O) groups excluding carboxylic acids is 1. The number of hydrogen-bond donors (Lipinski definition) is 3. The normalized spacial score (nSPS) is 27.4. The number of ether oxygens (including phenoxy) is 2. The lowest BCUT2D eigenvalue weighted by Gasteiger charge is -2.46. The van der Waals surface area contributed by atoms with Gasteiger partial charge in [0.1, 0.15) is 35.9 Å². The molecule has 1 saturated carbocycles. The fourth-order valence-electron chi connectivity index (χ4n) is 6.09.